The van der Waals surface area contributed by atoms with Gasteiger partial charge in [0.05, 0.1) is 11.2 Å². The van der Waals surface area contributed by atoms with Gasteiger partial charge < -0.3 is 9.47 Å². The molecule has 0 saturated heterocycles. The summed E-state index contributed by atoms with van der Waals surface area (Å²) >= 11 is 0. The number of nitrogens with zero attached hydrogens (tertiary/aromatic N) is 2. The highest BCUT2D eigenvalue weighted by Crippen LogP contribution is 2.53. The average molecular weight is 907 g/mol. The molecule has 0 spiro atoms. The van der Waals surface area contributed by atoms with Crippen LogP contribution in [0, 0.1) is 0 Å². The molecule has 0 radical (unpaired) electrons. The third kappa shape index (κ3) is 7.35. The Hall–Kier alpha value is -8.98. The number of hydrogen-bond acceptors (Lipinski definition) is 1. The van der Waals surface area contributed by atoms with Gasteiger partial charge in [0.25, 0.3) is 0 Å². The molecule has 1 heterocycles. The summed E-state index contributed by atoms with van der Waals surface area (Å²) < 4.78 is 2.49. The second kappa shape index (κ2) is 17.2. The maximum Gasteiger partial charge on any atom is 0.0619 e. The van der Waals surface area contributed by atoms with Crippen LogP contribution in [0.4, 0.5) is 17.1 Å². The summed E-state index contributed by atoms with van der Waals surface area (Å²) in [6.45, 7) is 4.80. The zero-order valence-electron chi connectivity index (χ0n) is 39.8. The first-order valence-corrected chi connectivity index (χ1v) is 24.7. The number of para-hydroxylation sites is 3. The number of aromatic nitrogens is 1. The lowest BCUT2D eigenvalue weighted by atomic mass is 9.81. The molecular weight excluding hydrogens is 857 g/mol. The van der Waals surface area contributed by atoms with E-state index in [1.54, 1.807) is 0 Å². The van der Waals surface area contributed by atoms with Crippen molar-refractivity contribution >= 4 is 61.7 Å². The Morgan fingerprint density at radius 3 is 1.54 bits per heavy atom. The molecule has 0 aliphatic heterocycles. The van der Waals surface area contributed by atoms with Gasteiger partial charge in [-0.1, -0.05) is 202 Å². The molecule has 1 aromatic heterocycles. The molecule has 336 valence electrons. The van der Waals surface area contributed by atoms with Crippen LogP contribution in [0.2, 0.25) is 0 Å². The Morgan fingerprint density at radius 2 is 0.873 bits per heavy atom. The van der Waals surface area contributed by atoms with E-state index in [-0.39, 0.29) is 5.41 Å². The zero-order chi connectivity index (χ0) is 47.5. The number of rotatable bonds is 9. The van der Waals surface area contributed by atoms with Crippen molar-refractivity contribution in [3.8, 4) is 50.3 Å². The first-order valence-electron chi connectivity index (χ1n) is 24.7. The Bertz CT molecular complexity index is 3920. The number of anilines is 3. The van der Waals surface area contributed by atoms with Gasteiger partial charge in [-0.15, -0.1) is 0 Å². The molecule has 0 unspecified atom stereocenters. The molecule has 1 aliphatic rings. The van der Waals surface area contributed by atoms with Crippen LogP contribution >= 0.6 is 0 Å². The fraction of sp³-hybridized carbons (Fsp3) is 0.0435. The molecule has 12 aromatic rings. The van der Waals surface area contributed by atoms with Crippen LogP contribution in [-0.4, -0.2) is 4.57 Å². The average Bonchev–Trinajstić information content (AvgIpc) is 3.89. The molecule has 0 N–H and O–H groups in total. The third-order valence-electron chi connectivity index (χ3n) is 14.7. The normalized spacial score (nSPS) is 12.7. The van der Waals surface area contributed by atoms with E-state index in [1.807, 2.05) is 0 Å². The van der Waals surface area contributed by atoms with E-state index in [4.69, 9.17) is 0 Å². The molecule has 0 saturated carbocycles. The van der Waals surface area contributed by atoms with Crippen molar-refractivity contribution in [3.05, 3.63) is 277 Å². The van der Waals surface area contributed by atoms with Crippen LogP contribution in [0.5, 0.6) is 0 Å². The van der Waals surface area contributed by atoms with Crippen LogP contribution in [0.3, 0.4) is 0 Å². The predicted octanol–water partition coefficient (Wildman–Crippen LogP) is 18.9. The van der Waals surface area contributed by atoms with Gasteiger partial charge in [0.1, 0.15) is 0 Å². The summed E-state index contributed by atoms with van der Waals surface area (Å²) in [4.78, 5) is 2.29. The molecule has 1 aliphatic carbocycles. The maximum atomic E-state index is 2.49. The zero-order valence-corrected chi connectivity index (χ0v) is 39.8. The van der Waals surface area contributed by atoms with Crippen LogP contribution in [0.25, 0.3) is 94.9 Å². The van der Waals surface area contributed by atoms with Crippen LogP contribution in [-0.2, 0) is 5.41 Å². The monoisotopic (exact) mass is 906 g/mol. The second-order valence-electron chi connectivity index (χ2n) is 19.3. The first kappa shape index (κ1) is 42.1. The third-order valence-corrected chi connectivity index (χ3v) is 14.7. The van der Waals surface area contributed by atoms with Gasteiger partial charge in [-0.05, 0) is 156 Å². The smallest absolute Gasteiger partial charge is 0.0619 e. The molecule has 0 atom stereocenters. The van der Waals surface area contributed by atoms with Gasteiger partial charge in [0.15, 0.2) is 0 Å². The number of hydrogen-bond donors (Lipinski definition) is 0. The summed E-state index contributed by atoms with van der Waals surface area (Å²) in [6.07, 6.45) is 4.42. The molecule has 2 heteroatoms. The van der Waals surface area contributed by atoms with Gasteiger partial charge in [-0.25, -0.2) is 0 Å². The molecule has 13 rings (SSSR count). The topological polar surface area (TPSA) is 8.17 Å². The summed E-state index contributed by atoms with van der Waals surface area (Å²) in [6, 6.07) is 93.0. The van der Waals surface area contributed by atoms with Crippen molar-refractivity contribution in [2.75, 3.05) is 4.90 Å². The van der Waals surface area contributed by atoms with Gasteiger partial charge in [0, 0.05) is 39.1 Å². The van der Waals surface area contributed by atoms with E-state index in [1.165, 1.54) is 93.8 Å². The van der Waals surface area contributed by atoms with E-state index < -0.39 is 0 Å². The SMILES string of the molecule is CC1(C)c2cc(-c3ccc4c(ccc5cc(C=Cc6ccc(N(c7ccccc7)c7ccccc7)cc6)ccc54)c3)ccc2-c2cc3c(-c4ccccc4)c(-c4ccccc4)n(-c4ccccc4)c3cc21. The van der Waals surface area contributed by atoms with Gasteiger partial charge >= 0.3 is 0 Å². The fourth-order valence-electron chi connectivity index (χ4n) is 11.2. The van der Waals surface area contributed by atoms with E-state index in [9.17, 15) is 0 Å². The van der Waals surface area contributed by atoms with Gasteiger partial charge in [0.2, 0.25) is 0 Å². The predicted molar refractivity (Wildman–Crippen MR) is 302 cm³/mol. The molecule has 71 heavy (non-hydrogen) atoms. The summed E-state index contributed by atoms with van der Waals surface area (Å²) in [5, 5.41) is 6.27. The molecule has 0 fully saturated rings. The fourth-order valence-corrected chi connectivity index (χ4v) is 11.2. The molecular formula is C69H50N2. The Balaban J connectivity index is 0.820. The summed E-state index contributed by atoms with van der Waals surface area (Å²) in [5.41, 5.74) is 20.6. The number of benzene rings is 11. The van der Waals surface area contributed by atoms with Gasteiger partial charge in [-0.2, -0.15) is 0 Å². The quantitative estimate of drug-likeness (QED) is 0.103. The lowest BCUT2D eigenvalue weighted by Gasteiger charge is -2.25. The van der Waals surface area contributed by atoms with Gasteiger partial charge in [-0.3, -0.25) is 0 Å². The highest BCUT2D eigenvalue weighted by atomic mass is 15.1. The van der Waals surface area contributed by atoms with Crippen molar-refractivity contribution in [3.63, 3.8) is 0 Å². The lowest BCUT2D eigenvalue weighted by Crippen LogP contribution is -2.15. The number of fused-ring (bicyclic) bond motifs is 7. The second-order valence-corrected chi connectivity index (χ2v) is 19.3. The largest absolute Gasteiger partial charge is 0.311 e. The minimum absolute atomic E-state index is 0.213. The standard InChI is InChI=1S/C69H50N2/c1-69(2)64-44-52(36-41-61(64)62-45-63-66(46-65(62)69)71(57-26-16-7-17-27-57)68(50-20-10-4-11-21-50)67(63)49-18-8-3-9-19-49)51-35-40-60-54(43-51)34-33-53-42-48(32-39-59(53)60)29-28-47-30-37-58(38-31-47)70(55-22-12-5-13-23-55)56-24-14-6-15-25-56/h3-46H,1-2H3. The molecule has 2 nitrogen and oxygen atoms in total. The lowest BCUT2D eigenvalue weighted by molar-refractivity contribution is 0.661. The minimum Gasteiger partial charge on any atom is -0.311 e. The highest BCUT2D eigenvalue weighted by Gasteiger charge is 2.37. The van der Waals surface area contributed by atoms with Crippen LogP contribution in [0.15, 0.2) is 255 Å². The van der Waals surface area contributed by atoms with E-state index >= 15 is 0 Å². The minimum atomic E-state index is -0.213. The van der Waals surface area contributed by atoms with Crippen LogP contribution in [0.1, 0.15) is 36.1 Å². The Labute approximate surface area is 415 Å². The molecule has 0 amide bonds. The first-order chi connectivity index (χ1) is 35.0. The molecule has 0 bridgehead atoms. The van der Waals surface area contributed by atoms with E-state index in [0.717, 1.165) is 28.3 Å². The van der Waals surface area contributed by atoms with Crippen LogP contribution < -0.4 is 4.90 Å². The van der Waals surface area contributed by atoms with Crippen molar-refractivity contribution in [2.24, 2.45) is 0 Å². The molecule has 11 aromatic carbocycles. The highest BCUT2D eigenvalue weighted by molar-refractivity contribution is 6.10. The van der Waals surface area contributed by atoms with E-state index in [2.05, 4.69) is 290 Å². The summed E-state index contributed by atoms with van der Waals surface area (Å²) in [5.74, 6) is 0. The maximum absolute atomic E-state index is 2.49. The van der Waals surface area contributed by atoms with Crippen molar-refractivity contribution in [1.29, 1.82) is 0 Å². The Morgan fingerprint density at radius 1 is 0.366 bits per heavy atom. The van der Waals surface area contributed by atoms with E-state index in [0.29, 0.717) is 0 Å². The Kier molecular flexibility index (Phi) is 10.2. The van der Waals surface area contributed by atoms with Crippen molar-refractivity contribution in [1.82, 2.24) is 4.57 Å². The summed E-state index contributed by atoms with van der Waals surface area (Å²) in [7, 11) is 0. The van der Waals surface area contributed by atoms with Crippen molar-refractivity contribution in [2.45, 2.75) is 19.3 Å². The van der Waals surface area contributed by atoms with Crippen molar-refractivity contribution < 1.29 is 0 Å².